The van der Waals surface area contributed by atoms with E-state index < -0.39 is 5.97 Å². The summed E-state index contributed by atoms with van der Waals surface area (Å²) in [6, 6.07) is 17.2. The molecule has 0 saturated carbocycles. The van der Waals surface area contributed by atoms with Gasteiger partial charge in [0.15, 0.2) is 0 Å². The average Bonchev–Trinajstić information content (AvgIpc) is 2.45. The topological polar surface area (TPSA) is 57.5 Å². The summed E-state index contributed by atoms with van der Waals surface area (Å²) in [5.74, 6) is -0.877. The average molecular weight is 268 g/mol. The van der Waals surface area contributed by atoms with Gasteiger partial charge in [0.1, 0.15) is 0 Å². The van der Waals surface area contributed by atoms with E-state index in [1.54, 1.807) is 6.92 Å². The number of rotatable bonds is 1. The van der Waals surface area contributed by atoms with E-state index in [-0.39, 0.29) is 6.61 Å². The molecule has 0 spiro atoms. The molecule has 0 unspecified atom stereocenters. The first-order valence-corrected chi connectivity index (χ1v) is 6.43. The van der Waals surface area contributed by atoms with Crippen LogP contribution in [0.25, 0.3) is 21.5 Å². The number of fused-ring (bicyclic) bond motifs is 2. The Morgan fingerprint density at radius 3 is 1.75 bits per heavy atom. The van der Waals surface area contributed by atoms with Gasteiger partial charge in [0.05, 0.1) is 5.56 Å². The molecule has 20 heavy (non-hydrogen) atoms. The van der Waals surface area contributed by atoms with E-state index in [0.717, 1.165) is 21.5 Å². The normalized spacial score (nSPS) is 10.1. The maximum absolute atomic E-state index is 11.4. The molecular formula is C17H16O3. The highest BCUT2D eigenvalue weighted by molar-refractivity contribution is 6.15. The van der Waals surface area contributed by atoms with Gasteiger partial charge in [-0.25, -0.2) is 4.79 Å². The number of aliphatic hydroxyl groups is 1. The lowest BCUT2D eigenvalue weighted by Gasteiger charge is -2.07. The molecular weight excluding hydrogens is 252 g/mol. The van der Waals surface area contributed by atoms with Gasteiger partial charge in [-0.1, -0.05) is 48.5 Å². The van der Waals surface area contributed by atoms with Crippen molar-refractivity contribution >= 4 is 27.5 Å². The van der Waals surface area contributed by atoms with Crippen molar-refractivity contribution in [2.75, 3.05) is 6.61 Å². The van der Waals surface area contributed by atoms with Crippen LogP contribution in [0.2, 0.25) is 0 Å². The van der Waals surface area contributed by atoms with Gasteiger partial charge in [-0.15, -0.1) is 0 Å². The minimum absolute atomic E-state index is 0.250. The fraction of sp³-hybridized carbons (Fsp3) is 0.118. The van der Waals surface area contributed by atoms with E-state index >= 15 is 0 Å². The van der Waals surface area contributed by atoms with Gasteiger partial charge in [-0.3, -0.25) is 0 Å². The molecule has 102 valence electrons. The highest BCUT2D eigenvalue weighted by Gasteiger charge is 2.12. The van der Waals surface area contributed by atoms with Crippen LogP contribution in [0.4, 0.5) is 0 Å². The Kier molecular flexibility index (Phi) is 4.33. The summed E-state index contributed by atoms with van der Waals surface area (Å²) < 4.78 is 0. The predicted molar refractivity (Wildman–Crippen MR) is 81.2 cm³/mol. The third-order valence-electron chi connectivity index (χ3n) is 2.99. The van der Waals surface area contributed by atoms with Crippen LogP contribution in [0.3, 0.4) is 0 Å². The van der Waals surface area contributed by atoms with Crippen molar-refractivity contribution in [3.8, 4) is 0 Å². The second-order valence-corrected chi connectivity index (χ2v) is 4.32. The van der Waals surface area contributed by atoms with Crippen LogP contribution in [0, 0.1) is 0 Å². The number of aliphatic hydroxyl groups excluding tert-OH is 1. The van der Waals surface area contributed by atoms with Crippen LogP contribution in [0.1, 0.15) is 17.3 Å². The SMILES string of the molecule is CCO.O=C(O)c1c2ccccc2cc2ccccc12. The van der Waals surface area contributed by atoms with Crippen LogP contribution in [-0.2, 0) is 0 Å². The van der Waals surface area contributed by atoms with Gasteiger partial charge in [0.2, 0.25) is 0 Å². The van der Waals surface area contributed by atoms with Gasteiger partial charge in [-0.05, 0) is 34.5 Å². The second kappa shape index (κ2) is 6.17. The minimum atomic E-state index is -0.877. The number of hydrogen-bond acceptors (Lipinski definition) is 2. The summed E-state index contributed by atoms with van der Waals surface area (Å²) in [4.78, 5) is 11.4. The van der Waals surface area contributed by atoms with Gasteiger partial charge >= 0.3 is 5.97 Å². The fourth-order valence-corrected chi connectivity index (χ4v) is 2.24. The van der Waals surface area contributed by atoms with Crippen molar-refractivity contribution < 1.29 is 15.0 Å². The number of hydrogen-bond donors (Lipinski definition) is 2. The van der Waals surface area contributed by atoms with Crippen molar-refractivity contribution in [2.45, 2.75) is 6.92 Å². The number of carboxylic acids is 1. The summed E-state index contributed by atoms with van der Waals surface area (Å²) in [5, 5.41) is 20.5. The molecule has 3 rings (SSSR count). The molecule has 0 amide bonds. The summed E-state index contributed by atoms with van der Waals surface area (Å²) in [6.45, 7) is 1.93. The van der Waals surface area contributed by atoms with E-state index in [4.69, 9.17) is 5.11 Å². The van der Waals surface area contributed by atoms with Crippen LogP contribution >= 0.6 is 0 Å². The molecule has 0 bridgehead atoms. The lowest BCUT2D eigenvalue weighted by atomic mass is 9.97. The van der Waals surface area contributed by atoms with Crippen LogP contribution < -0.4 is 0 Å². The smallest absolute Gasteiger partial charge is 0.336 e. The number of carboxylic acid groups (broad SMARTS) is 1. The third-order valence-corrected chi connectivity index (χ3v) is 2.99. The van der Waals surface area contributed by atoms with Gasteiger partial charge in [-0.2, -0.15) is 0 Å². The number of carbonyl (C=O) groups is 1. The summed E-state index contributed by atoms with van der Waals surface area (Å²) >= 11 is 0. The van der Waals surface area contributed by atoms with Crippen molar-refractivity contribution in [1.29, 1.82) is 0 Å². The Morgan fingerprint density at radius 2 is 1.35 bits per heavy atom. The van der Waals surface area contributed by atoms with Crippen LogP contribution in [0.15, 0.2) is 54.6 Å². The highest BCUT2D eigenvalue weighted by Crippen LogP contribution is 2.28. The van der Waals surface area contributed by atoms with Gasteiger partial charge < -0.3 is 10.2 Å². The van der Waals surface area contributed by atoms with E-state index in [0.29, 0.717) is 5.56 Å². The summed E-state index contributed by atoms with van der Waals surface area (Å²) in [7, 11) is 0. The third kappa shape index (κ3) is 2.63. The zero-order valence-electron chi connectivity index (χ0n) is 11.2. The maximum atomic E-state index is 11.4. The summed E-state index contributed by atoms with van der Waals surface area (Å²) in [5.41, 5.74) is 0.388. The standard InChI is InChI=1S/C15H10O2.C2H6O/c16-15(17)14-12-7-3-1-5-10(12)9-11-6-2-4-8-13(11)14;1-2-3/h1-9H,(H,16,17);3H,2H2,1H3. The van der Waals surface area contributed by atoms with Crippen molar-refractivity contribution in [3.05, 3.63) is 60.2 Å². The molecule has 0 atom stereocenters. The van der Waals surface area contributed by atoms with E-state index in [2.05, 4.69) is 0 Å². The maximum Gasteiger partial charge on any atom is 0.336 e. The Bertz CT molecular complexity index is 693. The summed E-state index contributed by atoms with van der Waals surface area (Å²) in [6.07, 6.45) is 0. The number of benzene rings is 3. The monoisotopic (exact) mass is 268 g/mol. The molecule has 0 heterocycles. The zero-order chi connectivity index (χ0) is 14.5. The molecule has 0 saturated heterocycles. The molecule has 3 heteroatoms. The Morgan fingerprint density at radius 1 is 0.950 bits per heavy atom. The van der Waals surface area contributed by atoms with Crippen LogP contribution in [0.5, 0.6) is 0 Å². The predicted octanol–water partition coefficient (Wildman–Crippen LogP) is 3.69. The molecule has 0 radical (unpaired) electrons. The quantitative estimate of drug-likeness (QED) is 0.662. The van der Waals surface area contributed by atoms with Crippen molar-refractivity contribution in [3.63, 3.8) is 0 Å². The molecule has 0 aliphatic carbocycles. The highest BCUT2D eigenvalue weighted by atomic mass is 16.4. The Hall–Kier alpha value is -2.39. The van der Waals surface area contributed by atoms with Crippen molar-refractivity contribution in [1.82, 2.24) is 0 Å². The van der Waals surface area contributed by atoms with Crippen LogP contribution in [-0.4, -0.2) is 22.8 Å². The molecule has 0 aliphatic rings. The van der Waals surface area contributed by atoms with E-state index in [9.17, 15) is 9.90 Å². The van der Waals surface area contributed by atoms with Crippen molar-refractivity contribution in [2.24, 2.45) is 0 Å². The lowest BCUT2D eigenvalue weighted by Crippen LogP contribution is -1.99. The molecule has 0 aromatic heterocycles. The first-order chi connectivity index (χ1) is 9.69. The first-order valence-electron chi connectivity index (χ1n) is 6.43. The second-order valence-electron chi connectivity index (χ2n) is 4.32. The number of aromatic carboxylic acids is 1. The molecule has 0 aliphatic heterocycles. The lowest BCUT2D eigenvalue weighted by molar-refractivity contribution is 0.0701. The van der Waals surface area contributed by atoms with Gasteiger partial charge in [0.25, 0.3) is 0 Å². The Balaban J connectivity index is 0.000000452. The molecule has 3 aromatic rings. The molecule has 3 nitrogen and oxygen atoms in total. The fourth-order valence-electron chi connectivity index (χ4n) is 2.24. The minimum Gasteiger partial charge on any atom is -0.478 e. The largest absolute Gasteiger partial charge is 0.478 e. The van der Waals surface area contributed by atoms with E-state index in [1.165, 1.54) is 0 Å². The van der Waals surface area contributed by atoms with E-state index in [1.807, 2.05) is 54.6 Å². The molecule has 2 N–H and O–H groups in total. The molecule has 3 aromatic carbocycles. The zero-order valence-corrected chi connectivity index (χ0v) is 11.2. The molecule has 0 fully saturated rings. The Labute approximate surface area is 117 Å². The van der Waals surface area contributed by atoms with Gasteiger partial charge in [0, 0.05) is 6.61 Å². The first kappa shape index (κ1) is 14.0.